The van der Waals surface area contributed by atoms with Gasteiger partial charge in [0.25, 0.3) is 0 Å². The molecule has 1 aromatic rings. The smallest absolute Gasteiger partial charge is 0.0942 e. The van der Waals surface area contributed by atoms with Crippen molar-refractivity contribution >= 4 is 11.8 Å². The summed E-state index contributed by atoms with van der Waals surface area (Å²) in [6.07, 6.45) is 2.44. The minimum atomic E-state index is 0.283. The lowest BCUT2D eigenvalue weighted by Gasteiger charge is -2.26. The van der Waals surface area contributed by atoms with E-state index in [2.05, 4.69) is 25.0 Å². The van der Waals surface area contributed by atoms with Crippen LogP contribution in [0.1, 0.15) is 32.4 Å². The molecule has 0 amide bonds. The Labute approximate surface area is 102 Å². The summed E-state index contributed by atoms with van der Waals surface area (Å²) in [6, 6.07) is 2.43. The summed E-state index contributed by atoms with van der Waals surface area (Å²) in [7, 11) is 2.00. The van der Waals surface area contributed by atoms with Gasteiger partial charge in [0, 0.05) is 18.3 Å². The molecule has 1 saturated carbocycles. The van der Waals surface area contributed by atoms with E-state index >= 15 is 0 Å². The number of thioether (sulfide) groups is 1. The fraction of sp³-hybridized carbons (Fsp3) is 0.750. The zero-order valence-electron chi connectivity index (χ0n) is 10.5. The Bertz CT molecular complexity index is 384. The maximum absolute atomic E-state index is 6.31. The highest BCUT2D eigenvalue weighted by molar-refractivity contribution is 8.00. The average Bonchev–Trinajstić information content (AvgIpc) is 2.61. The van der Waals surface area contributed by atoms with Crippen LogP contribution in [0.2, 0.25) is 0 Å². The molecule has 90 valence electrons. The van der Waals surface area contributed by atoms with Crippen molar-refractivity contribution in [1.82, 2.24) is 9.78 Å². The summed E-state index contributed by atoms with van der Waals surface area (Å²) in [5.74, 6) is 0. The molecule has 1 fully saturated rings. The molecule has 0 radical (unpaired) electrons. The molecule has 3 nitrogen and oxygen atoms in total. The van der Waals surface area contributed by atoms with E-state index < -0.39 is 0 Å². The number of nitrogens with zero attached hydrogens (tertiary/aromatic N) is 2. The highest BCUT2D eigenvalue weighted by Crippen LogP contribution is 2.43. The van der Waals surface area contributed by atoms with Crippen molar-refractivity contribution in [3.63, 3.8) is 0 Å². The van der Waals surface area contributed by atoms with E-state index in [1.165, 1.54) is 17.9 Å². The zero-order chi connectivity index (χ0) is 11.9. The summed E-state index contributed by atoms with van der Waals surface area (Å²) in [6.45, 7) is 6.57. The lowest BCUT2D eigenvalue weighted by molar-refractivity contribution is 0.334. The molecule has 16 heavy (non-hydrogen) atoms. The molecule has 0 bridgehead atoms. The van der Waals surface area contributed by atoms with Gasteiger partial charge in [-0.2, -0.15) is 5.10 Å². The summed E-state index contributed by atoms with van der Waals surface area (Å²) >= 11 is 1.88. The maximum atomic E-state index is 6.31. The van der Waals surface area contributed by atoms with Gasteiger partial charge in [-0.1, -0.05) is 13.8 Å². The Morgan fingerprint density at radius 2 is 2.25 bits per heavy atom. The van der Waals surface area contributed by atoms with Crippen LogP contribution in [0.3, 0.4) is 0 Å². The van der Waals surface area contributed by atoms with E-state index in [4.69, 9.17) is 5.73 Å². The standard InChI is InChI=1S/C12H21N3S/c1-8-7-10(15(4)14-8)16-9-5-6-12(2,3)11(9)13/h7,9,11H,5-6,13H2,1-4H3. The van der Waals surface area contributed by atoms with Crippen molar-refractivity contribution in [2.75, 3.05) is 0 Å². The molecule has 2 unspecified atom stereocenters. The first-order valence-electron chi connectivity index (χ1n) is 5.83. The van der Waals surface area contributed by atoms with Crippen molar-refractivity contribution in [3.05, 3.63) is 11.8 Å². The van der Waals surface area contributed by atoms with E-state index in [9.17, 15) is 0 Å². The SMILES string of the molecule is Cc1cc(SC2CCC(C)(C)C2N)n(C)n1. The van der Waals surface area contributed by atoms with E-state index in [-0.39, 0.29) is 11.5 Å². The van der Waals surface area contributed by atoms with Crippen molar-refractivity contribution in [1.29, 1.82) is 0 Å². The fourth-order valence-electron chi connectivity index (χ4n) is 2.35. The fourth-order valence-corrected chi connectivity index (χ4v) is 3.84. The number of hydrogen-bond acceptors (Lipinski definition) is 3. The second-order valence-electron chi connectivity index (χ2n) is 5.46. The Kier molecular flexibility index (Phi) is 3.05. The third-order valence-corrected chi connectivity index (χ3v) is 5.06. The van der Waals surface area contributed by atoms with Gasteiger partial charge >= 0.3 is 0 Å². The lowest BCUT2D eigenvalue weighted by Crippen LogP contribution is -2.38. The first-order chi connectivity index (χ1) is 7.40. The molecular formula is C12H21N3S. The molecule has 2 atom stereocenters. The summed E-state index contributed by atoms with van der Waals surface area (Å²) in [5.41, 5.74) is 7.67. The molecule has 0 spiro atoms. The maximum Gasteiger partial charge on any atom is 0.0942 e. The van der Waals surface area contributed by atoms with Gasteiger partial charge in [0.1, 0.15) is 0 Å². The summed E-state index contributed by atoms with van der Waals surface area (Å²) in [5, 5.41) is 6.13. The van der Waals surface area contributed by atoms with Gasteiger partial charge in [0.2, 0.25) is 0 Å². The number of hydrogen-bond donors (Lipinski definition) is 1. The van der Waals surface area contributed by atoms with Gasteiger partial charge in [-0.25, -0.2) is 0 Å². The van der Waals surface area contributed by atoms with Crippen LogP contribution in [-0.2, 0) is 7.05 Å². The largest absolute Gasteiger partial charge is 0.326 e. The number of rotatable bonds is 2. The highest BCUT2D eigenvalue weighted by atomic mass is 32.2. The van der Waals surface area contributed by atoms with Crippen molar-refractivity contribution in [3.8, 4) is 0 Å². The second-order valence-corrected chi connectivity index (χ2v) is 6.72. The molecule has 2 rings (SSSR count). The number of aromatic nitrogens is 2. The van der Waals surface area contributed by atoms with Crippen LogP contribution >= 0.6 is 11.8 Å². The predicted molar refractivity (Wildman–Crippen MR) is 68.6 cm³/mol. The topological polar surface area (TPSA) is 43.8 Å². The van der Waals surface area contributed by atoms with Crippen LogP contribution in [0, 0.1) is 12.3 Å². The minimum absolute atomic E-state index is 0.283. The molecule has 2 N–H and O–H groups in total. The molecule has 0 aromatic carbocycles. The number of nitrogens with two attached hydrogens (primary N) is 1. The van der Waals surface area contributed by atoms with E-state index in [1.54, 1.807) is 0 Å². The van der Waals surface area contributed by atoms with Gasteiger partial charge in [0.15, 0.2) is 0 Å². The van der Waals surface area contributed by atoms with Crippen LogP contribution in [0.5, 0.6) is 0 Å². The van der Waals surface area contributed by atoms with Crippen molar-refractivity contribution in [2.24, 2.45) is 18.2 Å². The normalized spacial score (nSPS) is 28.6. The molecule has 0 aliphatic heterocycles. The Morgan fingerprint density at radius 3 is 2.69 bits per heavy atom. The van der Waals surface area contributed by atoms with E-state index in [1.807, 2.05) is 30.4 Å². The number of aryl methyl sites for hydroxylation is 2. The quantitative estimate of drug-likeness (QED) is 0.861. The van der Waals surface area contributed by atoms with Crippen LogP contribution in [0.15, 0.2) is 11.1 Å². The molecule has 1 aromatic heterocycles. The minimum Gasteiger partial charge on any atom is -0.326 e. The zero-order valence-corrected chi connectivity index (χ0v) is 11.3. The first-order valence-corrected chi connectivity index (χ1v) is 6.71. The molecule has 1 heterocycles. The molecule has 4 heteroatoms. The summed E-state index contributed by atoms with van der Waals surface area (Å²) in [4.78, 5) is 0. The second kappa shape index (κ2) is 4.08. The van der Waals surface area contributed by atoms with Crippen LogP contribution in [0.4, 0.5) is 0 Å². The Morgan fingerprint density at radius 1 is 1.56 bits per heavy atom. The lowest BCUT2D eigenvalue weighted by atomic mass is 9.88. The van der Waals surface area contributed by atoms with Gasteiger partial charge in [-0.3, -0.25) is 4.68 Å². The van der Waals surface area contributed by atoms with E-state index in [0.717, 1.165) is 5.69 Å². The Hall–Kier alpha value is -0.480. The van der Waals surface area contributed by atoms with Gasteiger partial charge in [-0.05, 0) is 31.2 Å². The average molecular weight is 239 g/mol. The first kappa shape index (κ1) is 12.0. The van der Waals surface area contributed by atoms with Crippen LogP contribution < -0.4 is 5.73 Å². The molecule has 1 aliphatic rings. The van der Waals surface area contributed by atoms with Crippen molar-refractivity contribution in [2.45, 2.75) is 49.9 Å². The third-order valence-electron chi connectivity index (χ3n) is 3.61. The van der Waals surface area contributed by atoms with Gasteiger partial charge in [0.05, 0.1) is 10.7 Å². The molecule has 0 saturated heterocycles. The highest BCUT2D eigenvalue weighted by Gasteiger charge is 2.40. The van der Waals surface area contributed by atoms with Crippen LogP contribution in [-0.4, -0.2) is 21.1 Å². The molecular weight excluding hydrogens is 218 g/mol. The van der Waals surface area contributed by atoms with Crippen molar-refractivity contribution < 1.29 is 0 Å². The summed E-state index contributed by atoms with van der Waals surface area (Å²) < 4.78 is 1.96. The van der Waals surface area contributed by atoms with Gasteiger partial charge < -0.3 is 5.73 Å². The van der Waals surface area contributed by atoms with Crippen LogP contribution in [0.25, 0.3) is 0 Å². The van der Waals surface area contributed by atoms with Gasteiger partial charge in [-0.15, -0.1) is 11.8 Å². The Balaban J connectivity index is 2.09. The predicted octanol–water partition coefficient (Wildman–Crippen LogP) is 2.34. The third kappa shape index (κ3) is 2.13. The van der Waals surface area contributed by atoms with E-state index in [0.29, 0.717) is 5.25 Å². The monoisotopic (exact) mass is 239 g/mol. The molecule has 1 aliphatic carbocycles.